The lowest BCUT2D eigenvalue weighted by Gasteiger charge is -2.46. The lowest BCUT2D eigenvalue weighted by atomic mass is 9.69. The highest BCUT2D eigenvalue weighted by Gasteiger charge is 2.49. The first kappa shape index (κ1) is 13.9. The van der Waals surface area contributed by atoms with Crippen LogP contribution < -0.4 is 0 Å². The lowest BCUT2D eigenvalue weighted by molar-refractivity contribution is -0.283. The number of rotatable bonds is 0. The number of hydrogen-bond acceptors (Lipinski definition) is 2. The summed E-state index contributed by atoms with van der Waals surface area (Å²) in [4.78, 5) is 0. The molecule has 0 amide bonds. The topological polar surface area (TPSA) is 18.5 Å². The molecule has 0 atom stereocenters. The molecule has 0 bridgehead atoms. The number of benzene rings is 1. The number of hydrogen-bond donors (Lipinski definition) is 0. The Labute approximate surface area is 132 Å². The first-order chi connectivity index (χ1) is 10.1. The maximum Gasteiger partial charge on any atom is 0.168 e. The minimum absolute atomic E-state index is 0.0154. The van der Waals surface area contributed by atoms with Gasteiger partial charge in [0.05, 0.1) is 13.2 Å². The average molecular weight is 353 g/mol. The van der Waals surface area contributed by atoms with Gasteiger partial charge in [0.1, 0.15) is 5.82 Å². The Morgan fingerprint density at radius 2 is 1.76 bits per heavy atom. The van der Waals surface area contributed by atoms with E-state index in [2.05, 4.69) is 22.0 Å². The summed E-state index contributed by atoms with van der Waals surface area (Å²) in [6.07, 6.45) is 6.79. The predicted octanol–water partition coefficient (Wildman–Crippen LogP) is 4.52. The normalized spacial score (nSPS) is 25.9. The fraction of sp³-hybridized carbons (Fsp3) is 0.529. The van der Waals surface area contributed by atoms with Crippen molar-refractivity contribution in [3.05, 3.63) is 39.6 Å². The molecule has 3 aliphatic rings. The second kappa shape index (κ2) is 4.90. The van der Waals surface area contributed by atoms with Crippen molar-refractivity contribution in [2.75, 3.05) is 13.2 Å². The quantitative estimate of drug-likeness (QED) is 0.683. The fourth-order valence-electron chi connectivity index (χ4n) is 3.96. The van der Waals surface area contributed by atoms with Crippen LogP contribution in [0.15, 0.2) is 22.7 Å². The molecule has 1 saturated heterocycles. The van der Waals surface area contributed by atoms with Gasteiger partial charge in [-0.1, -0.05) is 22.0 Å². The van der Waals surface area contributed by atoms with Gasteiger partial charge in [0.2, 0.25) is 0 Å². The van der Waals surface area contributed by atoms with Crippen LogP contribution in [0.4, 0.5) is 4.39 Å². The summed E-state index contributed by atoms with van der Waals surface area (Å²) in [5.74, 6) is -0.548. The molecule has 4 rings (SSSR count). The maximum absolute atomic E-state index is 13.4. The number of halogens is 2. The zero-order valence-electron chi connectivity index (χ0n) is 11.8. The van der Waals surface area contributed by atoms with E-state index in [1.807, 2.05) is 6.07 Å². The van der Waals surface area contributed by atoms with Crippen LogP contribution in [0, 0.1) is 5.82 Å². The highest BCUT2D eigenvalue weighted by Crippen LogP contribution is 2.55. The van der Waals surface area contributed by atoms with E-state index in [9.17, 15) is 4.39 Å². The monoisotopic (exact) mass is 352 g/mol. The van der Waals surface area contributed by atoms with Gasteiger partial charge in [-0.3, -0.25) is 0 Å². The molecule has 0 N–H and O–H groups in total. The van der Waals surface area contributed by atoms with Crippen molar-refractivity contribution >= 4 is 22.0 Å². The molecule has 4 heteroatoms. The van der Waals surface area contributed by atoms with Crippen molar-refractivity contribution in [3.8, 4) is 0 Å². The zero-order valence-corrected chi connectivity index (χ0v) is 13.4. The minimum atomic E-state index is -0.375. The van der Waals surface area contributed by atoms with Crippen LogP contribution in [0.25, 0.3) is 6.08 Å². The molecule has 1 saturated carbocycles. The van der Waals surface area contributed by atoms with E-state index in [1.54, 1.807) is 12.1 Å². The summed E-state index contributed by atoms with van der Waals surface area (Å²) in [5.41, 5.74) is 2.23. The summed E-state index contributed by atoms with van der Waals surface area (Å²) in [6, 6.07) is 5.14. The summed E-state index contributed by atoms with van der Waals surface area (Å²) in [7, 11) is 0. The summed E-state index contributed by atoms with van der Waals surface area (Å²) >= 11 is 3.73. The van der Waals surface area contributed by atoms with Crippen molar-refractivity contribution in [2.45, 2.75) is 43.3 Å². The Bertz CT molecular complexity index is 595. The molecule has 0 unspecified atom stereocenters. The van der Waals surface area contributed by atoms with Crippen molar-refractivity contribution < 1.29 is 13.9 Å². The molecule has 1 aromatic rings. The SMILES string of the molecule is Fc1ccc2c(c1)C=C(Br)C21CCC2(CC1)OCCCO2. The van der Waals surface area contributed by atoms with Gasteiger partial charge in [0, 0.05) is 22.7 Å². The second-order valence-electron chi connectivity index (χ2n) is 6.27. The molecule has 1 aromatic carbocycles. The van der Waals surface area contributed by atoms with Crippen LogP contribution in [0.5, 0.6) is 0 Å². The van der Waals surface area contributed by atoms with E-state index >= 15 is 0 Å². The van der Waals surface area contributed by atoms with Crippen LogP contribution in [-0.4, -0.2) is 19.0 Å². The molecule has 2 nitrogen and oxygen atoms in total. The second-order valence-corrected chi connectivity index (χ2v) is 7.12. The average Bonchev–Trinajstić information content (AvgIpc) is 2.75. The summed E-state index contributed by atoms with van der Waals surface area (Å²) in [5, 5.41) is 0. The third-order valence-corrected chi connectivity index (χ3v) is 6.14. The van der Waals surface area contributed by atoms with Crippen LogP contribution in [0.1, 0.15) is 43.2 Å². The maximum atomic E-state index is 13.4. The smallest absolute Gasteiger partial charge is 0.168 e. The van der Waals surface area contributed by atoms with Crippen LogP contribution in [-0.2, 0) is 14.9 Å². The largest absolute Gasteiger partial charge is 0.350 e. The molecular weight excluding hydrogens is 335 g/mol. The Balaban J connectivity index is 1.64. The molecule has 2 fully saturated rings. The third kappa shape index (κ3) is 2.11. The Hall–Kier alpha value is -0.710. The van der Waals surface area contributed by atoms with E-state index in [1.165, 1.54) is 10.0 Å². The van der Waals surface area contributed by atoms with Crippen molar-refractivity contribution in [1.29, 1.82) is 0 Å². The molecule has 2 aliphatic carbocycles. The standard InChI is InChI=1S/C17H18BrFO2/c18-15-11-12-10-13(19)2-3-14(12)16(15)4-6-17(7-5-16)20-8-1-9-21-17/h2-3,10-11H,1,4-9H2. The van der Waals surface area contributed by atoms with E-state index < -0.39 is 0 Å². The van der Waals surface area contributed by atoms with Crippen LogP contribution >= 0.6 is 15.9 Å². The molecular formula is C17H18BrFO2. The Kier molecular flexibility index (Phi) is 3.25. The van der Waals surface area contributed by atoms with E-state index in [4.69, 9.17) is 9.47 Å². The summed E-state index contributed by atoms with van der Waals surface area (Å²) < 4.78 is 26.5. The fourth-order valence-corrected chi connectivity index (χ4v) is 4.82. The van der Waals surface area contributed by atoms with Gasteiger partial charge in [-0.25, -0.2) is 4.39 Å². The highest BCUT2D eigenvalue weighted by atomic mass is 79.9. The van der Waals surface area contributed by atoms with Gasteiger partial charge in [-0.05, 0) is 48.6 Å². The molecule has 2 spiro atoms. The third-order valence-electron chi connectivity index (χ3n) is 5.15. The Morgan fingerprint density at radius 3 is 2.48 bits per heavy atom. The van der Waals surface area contributed by atoms with Crippen molar-refractivity contribution in [2.24, 2.45) is 0 Å². The van der Waals surface area contributed by atoms with Gasteiger partial charge >= 0.3 is 0 Å². The van der Waals surface area contributed by atoms with Crippen LogP contribution in [0.3, 0.4) is 0 Å². The predicted molar refractivity (Wildman–Crippen MR) is 82.7 cm³/mol. The molecule has 0 radical (unpaired) electrons. The highest BCUT2D eigenvalue weighted by molar-refractivity contribution is 9.11. The van der Waals surface area contributed by atoms with E-state index in [0.29, 0.717) is 0 Å². The van der Waals surface area contributed by atoms with Crippen molar-refractivity contribution in [1.82, 2.24) is 0 Å². The molecule has 1 aliphatic heterocycles. The first-order valence-electron chi connectivity index (χ1n) is 7.59. The molecule has 112 valence electrons. The first-order valence-corrected chi connectivity index (χ1v) is 8.39. The Morgan fingerprint density at radius 1 is 1.05 bits per heavy atom. The van der Waals surface area contributed by atoms with Gasteiger partial charge in [0.25, 0.3) is 0 Å². The summed E-state index contributed by atoms with van der Waals surface area (Å²) in [6.45, 7) is 1.59. The number of ether oxygens (including phenoxy) is 2. The van der Waals surface area contributed by atoms with Gasteiger partial charge in [-0.2, -0.15) is 0 Å². The molecule has 1 heterocycles. The van der Waals surface area contributed by atoms with Crippen molar-refractivity contribution in [3.63, 3.8) is 0 Å². The number of allylic oxidation sites excluding steroid dienone is 1. The lowest BCUT2D eigenvalue weighted by Crippen LogP contribution is -2.47. The molecule has 21 heavy (non-hydrogen) atoms. The van der Waals surface area contributed by atoms with Gasteiger partial charge in [-0.15, -0.1) is 0 Å². The minimum Gasteiger partial charge on any atom is -0.350 e. The van der Waals surface area contributed by atoms with Crippen LogP contribution in [0.2, 0.25) is 0 Å². The number of fused-ring (bicyclic) bond motifs is 2. The molecule has 0 aromatic heterocycles. The van der Waals surface area contributed by atoms with Gasteiger partial charge in [0.15, 0.2) is 5.79 Å². The van der Waals surface area contributed by atoms with E-state index in [0.717, 1.165) is 50.9 Å². The zero-order chi connectivity index (χ0) is 14.5. The van der Waals surface area contributed by atoms with E-state index in [-0.39, 0.29) is 17.0 Å². The van der Waals surface area contributed by atoms with Gasteiger partial charge < -0.3 is 9.47 Å².